The van der Waals surface area contributed by atoms with Crippen molar-refractivity contribution in [2.45, 2.75) is 32.4 Å². The van der Waals surface area contributed by atoms with Gasteiger partial charge in [-0.05, 0) is 20.8 Å². The number of hydrogen-bond donors (Lipinski definition) is 1. The monoisotopic (exact) mass is 165 g/mol. The third-order valence-corrected chi connectivity index (χ3v) is 1.60. The molecule has 2 nitrogen and oxygen atoms in total. The first-order chi connectivity index (χ1) is 4.10. The van der Waals surface area contributed by atoms with Crippen LogP contribution in [0, 0.1) is 0 Å². The van der Waals surface area contributed by atoms with Crippen molar-refractivity contribution in [3.8, 4) is 0 Å². The first-order valence-corrected chi connectivity index (χ1v) is 3.47. The van der Waals surface area contributed by atoms with Gasteiger partial charge in [-0.1, -0.05) is 0 Å². The minimum atomic E-state index is 0. The lowest BCUT2D eigenvalue weighted by atomic mass is 10.1. The molecule has 1 atom stereocenters. The van der Waals surface area contributed by atoms with Crippen molar-refractivity contribution in [3.63, 3.8) is 0 Å². The number of halogens is 1. The number of rotatable bonds is 0. The molecule has 62 valence electrons. The minimum Gasteiger partial charge on any atom is -0.375 e. The van der Waals surface area contributed by atoms with E-state index in [0.29, 0.717) is 6.10 Å². The molecule has 0 radical (unpaired) electrons. The van der Waals surface area contributed by atoms with E-state index in [1.165, 1.54) is 0 Å². The van der Waals surface area contributed by atoms with Crippen molar-refractivity contribution in [2.24, 2.45) is 0 Å². The zero-order valence-electron chi connectivity index (χ0n) is 6.81. The Balaban J connectivity index is 0.000000810. The average molecular weight is 166 g/mol. The number of hydrogen-bond acceptors (Lipinski definition) is 2. The van der Waals surface area contributed by atoms with Gasteiger partial charge in [-0.3, -0.25) is 0 Å². The highest BCUT2D eigenvalue weighted by Gasteiger charge is 2.23. The lowest BCUT2D eigenvalue weighted by Gasteiger charge is -2.34. The van der Waals surface area contributed by atoms with Crippen LogP contribution in [0.5, 0.6) is 0 Å². The Labute approximate surface area is 68.7 Å². The van der Waals surface area contributed by atoms with Gasteiger partial charge >= 0.3 is 0 Å². The second-order valence-corrected chi connectivity index (χ2v) is 3.39. The van der Waals surface area contributed by atoms with E-state index in [4.69, 9.17) is 4.74 Å². The predicted octanol–water partition coefficient (Wildman–Crippen LogP) is 1.20. The molecule has 1 fully saturated rings. The fourth-order valence-electron chi connectivity index (χ4n) is 0.881. The number of morpholine rings is 1. The molecule has 0 aromatic heterocycles. The summed E-state index contributed by atoms with van der Waals surface area (Å²) >= 11 is 0. The van der Waals surface area contributed by atoms with Gasteiger partial charge in [0.25, 0.3) is 0 Å². The summed E-state index contributed by atoms with van der Waals surface area (Å²) in [5.74, 6) is 0. The summed E-state index contributed by atoms with van der Waals surface area (Å²) in [6, 6.07) is 0. The van der Waals surface area contributed by atoms with E-state index in [1.54, 1.807) is 0 Å². The Bertz CT molecular complexity index is 95.8. The van der Waals surface area contributed by atoms with Gasteiger partial charge in [-0.25, -0.2) is 0 Å². The quantitative estimate of drug-likeness (QED) is 0.583. The first kappa shape index (κ1) is 10.2. The fraction of sp³-hybridized carbons (Fsp3) is 1.00. The first-order valence-electron chi connectivity index (χ1n) is 3.47. The Kier molecular flexibility index (Phi) is 3.63. The summed E-state index contributed by atoms with van der Waals surface area (Å²) < 4.78 is 5.43. The Hall–Kier alpha value is 0.210. The average Bonchev–Trinajstić information content (AvgIpc) is 1.78. The third-order valence-electron chi connectivity index (χ3n) is 1.60. The van der Waals surface area contributed by atoms with E-state index in [0.717, 1.165) is 13.2 Å². The highest BCUT2D eigenvalue weighted by atomic mass is 35.5. The zero-order chi connectivity index (χ0) is 6.91. The molecule has 0 aliphatic carbocycles. The molecule has 1 heterocycles. The lowest BCUT2D eigenvalue weighted by Crippen LogP contribution is -2.52. The van der Waals surface area contributed by atoms with Crippen LogP contribution in [0.25, 0.3) is 0 Å². The Morgan fingerprint density at radius 2 is 2.10 bits per heavy atom. The van der Waals surface area contributed by atoms with Crippen LogP contribution in [0.2, 0.25) is 0 Å². The Morgan fingerprint density at radius 1 is 1.50 bits per heavy atom. The summed E-state index contributed by atoms with van der Waals surface area (Å²) in [6.45, 7) is 8.20. The van der Waals surface area contributed by atoms with Crippen LogP contribution in [0.4, 0.5) is 0 Å². The van der Waals surface area contributed by atoms with E-state index >= 15 is 0 Å². The van der Waals surface area contributed by atoms with Gasteiger partial charge in [-0.15, -0.1) is 12.4 Å². The van der Waals surface area contributed by atoms with Crippen molar-refractivity contribution >= 4 is 12.4 Å². The summed E-state index contributed by atoms with van der Waals surface area (Å²) in [6.07, 6.45) is 0.387. The molecule has 10 heavy (non-hydrogen) atoms. The topological polar surface area (TPSA) is 21.3 Å². The van der Waals surface area contributed by atoms with Crippen LogP contribution in [-0.2, 0) is 4.74 Å². The molecule has 0 aromatic carbocycles. The molecular formula is C7H16ClNO. The van der Waals surface area contributed by atoms with Crippen molar-refractivity contribution in [1.82, 2.24) is 5.32 Å². The molecule has 0 spiro atoms. The molecule has 1 aliphatic heterocycles. The van der Waals surface area contributed by atoms with Crippen molar-refractivity contribution < 1.29 is 4.74 Å². The molecule has 0 unspecified atom stereocenters. The van der Waals surface area contributed by atoms with Crippen molar-refractivity contribution in [3.05, 3.63) is 0 Å². The molecule has 0 bridgehead atoms. The van der Waals surface area contributed by atoms with Crippen molar-refractivity contribution in [1.29, 1.82) is 0 Å². The molecule has 0 saturated carbocycles. The maximum absolute atomic E-state index is 5.43. The molecule has 1 N–H and O–H groups in total. The summed E-state index contributed by atoms with van der Waals surface area (Å²) in [5, 5.41) is 3.38. The molecular weight excluding hydrogens is 150 g/mol. The van der Waals surface area contributed by atoms with E-state index in [-0.39, 0.29) is 17.9 Å². The lowest BCUT2D eigenvalue weighted by molar-refractivity contribution is -0.0113. The van der Waals surface area contributed by atoms with Crippen LogP contribution in [0.3, 0.4) is 0 Å². The molecule has 3 heteroatoms. The second kappa shape index (κ2) is 3.56. The molecule has 1 rings (SSSR count). The molecule has 1 aliphatic rings. The van der Waals surface area contributed by atoms with Gasteiger partial charge in [0.1, 0.15) is 0 Å². The van der Waals surface area contributed by atoms with Gasteiger partial charge in [0.2, 0.25) is 0 Å². The molecule has 0 amide bonds. The third kappa shape index (κ3) is 2.86. The van der Waals surface area contributed by atoms with Gasteiger partial charge in [0.05, 0.1) is 12.7 Å². The summed E-state index contributed by atoms with van der Waals surface area (Å²) in [4.78, 5) is 0. The predicted molar refractivity (Wildman–Crippen MR) is 44.7 cm³/mol. The van der Waals surface area contributed by atoms with Crippen LogP contribution in [0.1, 0.15) is 20.8 Å². The van der Waals surface area contributed by atoms with Crippen LogP contribution >= 0.6 is 12.4 Å². The molecule has 0 aromatic rings. The van der Waals surface area contributed by atoms with Gasteiger partial charge < -0.3 is 10.1 Å². The number of nitrogens with one attached hydrogen (secondary N) is 1. The summed E-state index contributed by atoms with van der Waals surface area (Å²) in [5.41, 5.74) is 0.187. The highest BCUT2D eigenvalue weighted by molar-refractivity contribution is 5.85. The number of ether oxygens (including phenoxy) is 1. The maximum Gasteiger partial charge on any atom is 0.0672 e. The Morgan fingerprint density at radius 3 is 2.40 bits per heavy atom. The minimum absolute atomic E-state index is 0. The standard InChI is InChI=1S/C7H15NO.ClH/c1-6-4-8-7(2,3)5-9-6;/h6,8H,4-5H2,1-3H3;1H/t6-;/m0./s1. The van der Waals surface area contributed by atoms with E-state index in [9.17, 15) is 0 Å². The smallest absolute Gasteiger partial charge is 0.0672 e. The summed E-state index contributed by atoms with van der Waals surface area (Å²) in [7, 11) is 0. The van der Waals surface area contributed by atoms with Gasteiger partial charge in [0, 0.05) is 12.1 Å². The maximum atomic E-state index is 5.43. The second-order valence-electron chi connectivity index (χ2n) is 3.39. The van der Waals surface area contributed by atoms with Crippen molar-refractivity contribution in [2.75, 3.05) is 13.2 Å². The largest absolute Gasteiger partial charge is 0.375 e. The van der Waals surface area contributed by atoms with Crippen LogP contribution < -0.4 is 5.32 Å². The normalized spacial score (nSPS) is 30.9. The molecule has 1 saturated heterocycles. The van der Waals surface area contributed by atoms with Gasteiger partial charge in [-0.2, -0.15) is 0 Å². The van der Waals surface area contributed by atoms with E-state index < -0.39 is 0 Å². The van der Waals surface area contributed by atoms with Crippen LogP contribution in [0.15, 0.2) is 0 Å². The van der Waals surface area contributed by atoms with E-state index in [2.05, 4.69) is 26.1 Å². The SMILES string of the molecule is C[C@H]1CNC(C)(C)CO1.Cl. The fourth-order valence-corrected chi connectivity index (χ4v) is 0.881. The zero-order valence-corrected chi connectivity index (χ0v) is 7.62. The van der Waals surface area contributed by atoms with E-state index in [1.807, 2.05) is 0 Å². The van der Waals surface area contributed by atoms with Crippen LogP contribution in [-0.4, -0.2) is 24.8 Å². The van der Waals surface area contributed by atoms with Gasteiger partial charge in [0.15, 0.2) is 0 Å². The highest BCUT2D eigenvalue weighted by Crippen LogP contribution is 2.09.